The van der Waals surface area contributed by atoms with Crippen molar-refractivity contribution in [3.63, 3.8) is 0 Å². The number of hydrogen-bond donors (Lipinski definition) is 7. The lowest BCUT2D eigenvalue weighted by Gasteiger charge is -2.14. The number of pyridine rings is 3. The maximum Gasteiger partial charge on any atom is 0.251 e. The standard InChI is InChI=1S/C59H60N14O2/c1-40-32-56(68-36-48(40)71-49-37-66-54(60)33-47(49)70-45-16-8-6-9-17-45)62-28-12-2-4-14-30-64-58(74)43-24-20-41(21-25-43)42-22-26-44(27-23-42)59(75)65-31-15-5-3-13-29-63-57-35-53-51(39-69-57)72-50-38-67-55(61)34-52(50)73(53)46-18-10-7-11-19-46/h6-11,16-27,32-39,62H,1-5,12-15,28-31H2,(H7,60,61,63,64,65,66,67,68,69,70,74,75)/p+1. The zero-order valence-electron chi connectivity index (χ0n) is 41.8. The average molecular weight is 998 g/mol. The number of hydrogen-bond acceptors (Lipinski definition) is 13. The summed E-state index contributed by atoms with van der Waals surface area (Å²) in [7, 11) is 0. The molecule has 2 amide bonds. The minimum Gasteiger partial charge on any atom is -0.384 e. The molecule has 0 radical (unpaired) electrons. The van der Waals surface area contributed by atoms with Crippen molar-refractivity contribution in [3.05, 3.63) is 181 Å². The van der Waals surface area contributed by atoms with Gasteiger partial charge < -0.3 is 38.1 Å². The van der Waals surface area contributed by atoms with Crippen LogP contribution >= 0.6 is 0 Å². The minimum atomic E-state index is -0.0962. The number of unbranched alkanes of at least 4 members (excludes halogenated alkanes) is 6. The Kier molecular flexibility index (Phi) is 16.8. The molecule has 4 aromatic heterocycles. The molecule has 0 saturated heterocycles. The first-order chi connectivity index (χ1) is 36.7. The summed E-state index contributed by atoms with van der Waals surface area (Å²) < 4.78 is 2.14. The van der Waals surface area contributed by atoms with E-state index >= 15 is 0 Å². The molecule has 0 saturated carbocycles. The van der Waals surface area contributed by atoms with Gasteiger partial charge in [-0.1, -0.05) is 92.9 Å². The smallest absolute Gasteiger partial charge is 0.251 e. The average Bonchev–Trinajstić information content (AvgIpc) is 3.43. The van der Waals surface area contributed by atoms with Gasteiger partial charge in [-0.2, -0.15) is 0 Å². The molecule has 16 heteroatoms. The quantitative estimate of drug-likeness (QED) is 0.0181. The fourth-order valence-corrected chi connectivity index (χ4v) is 8.66. The Balaban J connectivity index is 0.628. The molecule has 9 N–H and O–H groups in total. The second-order valence-electron chi connectivity index (χ2n) is 18.2. The number of nitrogen functional groups attached to an aromatic ring is 2. The van der Waals surface area contributed by atoms with E-state index in [1.54, 1.807) is 30.9 Å². The van der Waals surface area contributed by atoms with Crippen LogP contribution in [-0.4, -0.2) is 69.9 Å². The fraction of sp³-hybridized carbons (Fsp3) is 0.203. The number of carbonyl (C=O) groups excluding carboxylic acids is 2. The van der Waals surface area contributed by atoms with Gasteiger partial charge in [-0.3, -0.25) is 9.59 Å². The van der Waals surface area contributed by atoms with Gasteiger partial charge in [0.25, 0.3) is 11.8 Å². The fourth-order valence-electron chi connectivity index (χ4n) is 8.66. The van der Waals surface area contributed by atoms with Gasteiger partial charge in [0, 0.05) is 61.2 Å². The molecular formula is C59H61N14O2+. The predicted octanol–water partition coefficient (Wildman–Crippen LogP) is 9.96. The highest BCUT2D eigenvalue weighted by atomic mass is 16.2. The van der Waals surface area contributed by atoms with Crippen molar-refractivity contribution in [2.24, 2.45) is 9.98 Å². The Morgan fingerprint density at radius 2 is 1.13 bits per heavy atom. The normalized spacial score (nSPS) is 12.7. The highest BCUT2D eigenvalue weighted by Crippen LogP contribution is 2.30. The van der Waals surface area contributed by atoms with Crippen LogP contribution in [0.15, 0.2) is 180 Å². The largest absolute Gasteiger partial charge is 0.384 e. The predicted molar refractivity (Wildman–Crippen MR) is 302 cm³/mol. The molecule has 1 aliphatic rings. The van der Waals surface area contributed by atoms with E-state index in [2.05, 4.69) is 69.8 Å². The lowest BCUT2D eigenvalue weighted by Crippen LogP contribution is -2.33. The van der Waals surface area contributed by atoms with Crippen LogP contribution < -0.4 is 42.6 Å². The minimum absolute atomic E-state index is 0.0939. The number of para-hydroxylation sites is 2. The Labute approximate surface area is 436 Å². The van der Waals surface area contributed by atoms with Gasteiger partial charge in [0.15, 0.2) is 11.0 Å². The van der Waals surface area contributed by atoms with Gasteiger partial charge in [0.1, 0.15) is 29.0 Å². The molecule has 8 aromatic rings. The van der Waals surface area contributed by atoms with Gasteiger partial charge >= 0.3 is 0 Å². The zero-order chi connectivity index (χ0) is 51.8. The van der Waals surface area contributed by atoms with Gasteiger partial charge in [-0.15, -0.1) is 4.57 Å². The lowest BCUT2D eigenvalue weighted by molar-refractivity contribution is -0.538. The number of nitrogens with one attached hydrogen (secondary N) is 5. The number of amides is 2. The molecule has 1 aliphatic heterocycles. The Morgan fingerprint density at radius 1 is 0.587 bits per heavy atom. The van der Waals surface area contributed by atoms with Crippen LogP contribution in [0, 0.1) is 0 Å². The van der Waals surface area contributed by atoms with Crippen LogP contribution in [0.2, 0.25) is 0 Å². The SMILES string of the molecule is C=C1C=C(NCCCCCCNC(=O)c2ccc(-c3ccc(C(=O)NCCCCCCNc4cc5c(cn4)nc4cnc(N)cc4[n+]5-c4ccccc4)cc3)cc2)N=CC1=Nc1cnc(N)cc1Nc1ccccc1. The third kappa shape index (κ3) is 13.6. The van der Waals surface area contributed by atoms with E-state index in [-0.39, 0.29) is 11.8 Å². The molecule has 9 rings (SSSR count). The molecule has 5 heterocycles. The third-order valence-electron chi connectivity index (χ3n) is 12.7. The number of anilines is 5. The summed E-state index contributed by atoms with van der Waals surface area (Å²) >= 11 is 0. The topological polar surface area (TPSA) is 226 Å². The highest BCUT2D eigenvalue weighted by molar-refractivity contribution is 6.40. The summed E-state index contributed by atoms with van der Waals surface area (Å²) in [5.41, 5.74) is 23.2. The Bertz CT molecular complexity index is 3380. The van der Waals surface area contributed by atoms with E-state index in [4.69, 9.17) is 21.4 Å². The number of carbonyl (C=O) groups is 2. The maximum absolute atomic E-state index is 12.9. The van der Waals surface area contributed by atoms with Crippen molar-refractivity contribution in [2.45, 2.75) is 51.4 Å². The van der Waals surface area contributed by atoms with Crippen LogP contribution in [0.4, 0.5) is 34.5 Å². The van der Waals surface area contributed by atoms with E-state index in [1.807, 2.05) is 115 Å². The van der Waals surface area contributed by atoms with Crippen molar-refractivity contribution in [1.82, 2.24) is 35.9 Å². The highest BCUT2D eigenvalue weighted by Gasteiger charge is 2.21. The molecule has 75 heavy (non-hydrogen) atoms. The molecule has 0 bridgehead atoms. The lowest BCUT2D eigenvalue weighted by atomic mass is 10.0. The molecule has 0 fully saturated rings. The second kappa shape index (κ2) is 24.9. The van der Waals surface area contributed by atoms with Gasteiger partial charge in [0.2, 0.25) is 16.7 Å². The molecule has 4 aromatic carbocycles. The molecule has 0 atom stereocenters. The Morgan fingerprint density at radius 3 is 1.76 bits per heavy atom. The number of benzene rings is 4. The monoisotopic (exact) mass is 998 g/mol. The third-order valence-corrected chi connectivity index (χ3v) is 12.7. The second-order valence-corrected chi connectivity index (χ2v) is 18.2. The van der Waals surface area contributed by atoms with E-state index in [9.17, 15) is 9.59 Å². The molecular weight excluding hydrogens is 937 g/mol. The van der Waals surface area contributed by atoms with E-state index in [1.165, 1.54) is 0 Å². The van der Waals surface area contributed by atoms with Crippen molar-refractivity contribution in [3.8, 4) is 16.8 Å². The van der Waals surface area contributed by atoms with Gasteiger partial charge in [0.05, 0.1) is 48.3 Å². The summed E-state index contributed by atoms with van der Waals surface area (Å²) in [6.07, 6.45) is 16.4. The zero-order valence-corrected chi connectivity index (χ0v) is 41.8. The summed E-state index contributed by atoms with van der Waals surface area (Å²) in [6.45, 7) is 6.94. The number of aliphatic imine (C=N–C) groups is 2. The van der Waals surface area contributed by atoms with Crippen molar-refractivity contribution in [1.29, 1.82) is 0 Å². The number of nitrogens with zero attached hydrogens (tertiary/aromatic N) is 7. The molecule has 0 unspecified atom stereocenters. The molecule has 16 nitrogen and oxygen atoms in total. The van der Waals surface area contributed by atoms with Gasteiger partial charge in [-0.05, 0) is 84.9 Å². The van der Waals surface area contributed by atoms with Crippen molar-refractivity contribution < 1.29 is 14.2 Å². The van der Waals surface area contributed by atoms with E-state index < -0.39 is 0 Å². The van der Waals surface area contributed by atoms with Gasteiger partial charge in [-0.25, -0.2) is 29.9 Å². The van der Waals surface area contributed by atoms with Crippen molar-refractivity contribution >= 4 is 80.3 Å². The van der Waals surface area contributed by atoms with Crippen molar-refractivity contribution in [2.75, 3.05) is 48.3 Å². The number of rotatable bonds is 23. The van der Waals surface area contributed by atoms with E-state index in [0.29, 0.717) is 47.3 Å². The summed E-state index contributed by atoms with van der Waals surface area (Å²) in [5.74, 6) is 2.15. The molecule has 378 valence electrons. The summed E-state index contributed by atoms with van der Waals surface area (Å²) in [6, 6.07) is 40.7. The van der Waals surface area contributed by atoms with Crippen LogP contribution in [-0.2, 0) is 0 Å². The van der Waals surface area contributed by atoms with Crippen LogP contribution in [0.3, 0.4) is 0 Å². The summed E-state index contributed by atoms with van der Waals surface area (Å²) in [4.78, 5) is 53.1. The number of nitrogens with two attached hydrogens (primary N) is 2. The molecule has 0 spiro atoms. The first-order valence-electron chi connectivity index (χ1n) is 25.4. The van der Waals surface area contributed by atoms with Crippen LogP contribution in [0.1, 0.15) is 72.1 Å². The number of allylic oxidation sites excluding steroid dienone is 2. The number of fused-ring (bicyclic) bond motifs is 2. The maximum atomic E-state index is 12.9. The van der Waals surface area contributed by atoms with Crippen LogP contribution in [0.25, 0.3) is 38.9 Å². The first-order valence-corrected chi connectivity index (χ1v) is 25.4. The number of aromatic nitrogens is 5. The molecule has 0 aliphatic carbocycles. The van der Waals surface area contributed by atoms with Crippen LogP contribution in [0.5, 0.6) is 0 Å². The summed E-state index contributed by atoms with van der Waals surface area (Å²) in [5, 5.41) is 16.3. The first kappa shape index (κ1) is 50.6. The Hall–Kier alpha value is -9.31. The van der Waals surface area contributed by atoms with E-state index in [0.717, 1.165) is 132 Å².